The number of carbonyl (C=O) groups excluding carboxylic acids is 1. The number of amides is 1. The molecule has 0 fully saturated rings. The van der Waals surface area contributed by atoms with Crippen LogP contribution in [0, 0.1) is 0 Å². The molecular formula is C15H14ClN5OS2. The van der Waals surface area contributed by atoms with Gasteiger partial charge < -0.3 is 5.32 Å². The highest BCUT2D eigenvalue weighted by molar-refractivity contribution is 7.99. The number of thioether (sulfide) groups is 1. The van der Waals surface area contributed by atoms with E-state index in [0.717, 1.165) is 10.6 Å². The molecule has 0 saturated carbocycles. The number of nitrogens with one attached hydrogen (secondary N) is 1. The first-order chi connectivity index (χ1) is 11.6. The van der Waals surface area contributed by atoms with E-state index in [9.17, 15) is 4.79 Å². The Bertz CT molecular complexity index is 804. The predicted molar refractivity (Wildman–Crippen MR) is 95.8 cm³/mol. The van der Waals surface area contributed by atoms with E-state index in [-0.39, 0.29) is 17.7 Å². The number of hydrogen-bond donors (Lipinski definition) is 1. The fraction of sp³-hybridized carbons (Fsp3) is 0.200. The van der Waals surface area contributed by atoms with E-state index in [1.165, 1.54) is 11.8 Å². The zero-order valence-electron chi connectivity index (χ0n) is 12.7. The molecule has 0 aliphatic heterocycles. The second-order valence-corrected chi connectivity index (χ2v) is 7.30. The van der Waals surface area contributed by atoms with Crippen LogP contribution in [0.25, 0.3) is 5.69 Å². The van der Waals surface area contributed by atoms with Gasteiger partial charge in [0, 0.05) is 9.90 Å². The molecule has 1 atom stereocenters. The van der Waals surface area contributed by atoms with Crippen LogP contribution in [0.15, 0.2) is 46.9 Å². The lowest BCUT2D eigenvalue weighted by Gasteiger charge is -2.11. The number of benzene rings is 1. The van der Waals surface area contributed by atoms with Gasteiger partial charge in [0.2, 0.25) is 11.1 Å². The summed E-state index contributed by atoms with van der Waals surface area (Å²) in [5.41, 5.74) is 0.791. The van der Waals surface area contributed by atoms with Crippen molar-refractivity contribution < 1.29 is 4.79 Å². The fourth-order valence-corrected chi connectivity index (χ4v) is 3.60. The van der Waals surface area contributed by atoms with Crippen molar-refractivity contribution >= 4 is 40.6 Å². The van der Waals surface area contributed by atoms with Crippen LogP contribution >= 0.6 is 34.7 Å². The minimum Gasteiger partial charge on any atom is -0.348 e. The van der Waals surface area contributed by atoms with Gasteiger partial charge in [-0.1, -0.05) is 29.4 Å². The Labute approximate surface area is 152 Å². The molecule has 1 amide bonds. The van der Waals surface area contributed by atoms with Crippen LogP contribution in [-0.4, -0.2) is 31.9 Å². The van der Waals surface area contributed by atoms with Crippen LogP contribution in [0.3, 0.4) is 0 Å². The maximum absolute atomic E-state index is 12.1. The minimum atomic E-state index is -0.0634. The first-order valence-electron chi connectivity index (χ1n) is 7.13. The number of rotatable bonds is 6. The van der Waals surface area contributed by atoms with E-state index in [4.69, 9.17) is 11.6 Å². The molecule has 0 saturated heterocycles. The van der Waals surface area contributed by atoms with Crippen LogP contribution in [0.4, 0.5) is 0 Å². The molecule has 1 aromatic carbocycles. The largest absolute Gasteiger partial charge is 0.348 e. The second-order valence-electron chi connectivity index (χ2n) is 4.94. The van der Waals surface area contributed by atoms with Gasteiger partial charge in [-0.3, -0.25) is 4.79 Å². The summed E-state index contributed by atoms with van der Waals surface area (Å²) < 4.78 is 1.58. The summed E-state index contributed by atoms with van der Waals surface area (Å²) in [4.78, 5) is 13.2. The summed E-state index contributed by atoms with van der Waals surface area (Å²) in [6.45, 7) is 1.96. The molecule has 0 radical (unpaired) electrons. The van der Waals surface area contributed by atoms with Crippen LogP contribution in [0.5, 0.6) is 0 Å². The molecule has 0 bridgehead atoms. The lowest BCUT2D eigenvalue weighted by Crippen LogP contribution is -2.27. The van der Waals surface area contributed by atoms with E-state index in [1.54, 1.807) is 28.2 Å². The highest BCUT2D eigenvalue weighted by Crippen LogP contribution is 2.21. The number of thiophene rings is 1. The SMILES string of the molecule is CC(NC(=O)CSc1nnnn1-c1ccc(Cl)cc1)c1cccs1. The van der Waals surface area contributed by atoms with Gasteiger partial charge in [-0.2, -0.15) is 4.68 Å². The fourth-order valence-electron chi connectivity index (χ4n) is 2.04. The highest BCUT2D eigenvalue weighted by Gasteiger charge is 2.14. The Morgan fingerprint density at radius 1 is 1.38 bits per heavy atom. The Morgan fingerprint density at radius 3 is 2.88 bits per heavy atom. The topological polar surface area (TPSA) is 72.7 Å². The molecule has 2 heterocycles. The van der Waals surface area contributed by atoms with Crippen LogP contribution in [0.1, 0.15) is 17.8 Å². The van der Waals surface area contributed by atoms with E-state index in [2.05, 4.69) is 20.8 Å². The van der Waals surface area contributed by atoms with E-state index in [0.29, 0.717) is 10.2 Å². The molecule has 1 N–H and O–H groups in total. The lowest BCUT2D eigenvalue weighted by atomic mass is 10.3. The second kappa shape index (κ2) is 7.78. The van der Waals surface area contributed by atoms with Crippen molar-refractivity contribution in [3.63, 3.8) is 0 Å². The molecule has 1 unspecified atom stereocenters. The Morgan fingerprint density at radius 2 is 2.17 bits per heavy atom. The normalized spacial score (nSPS) is 12.1. The molecule has 24 heavy (non-hydrogen) atoms. The van der Waals surface area contributed by atoms with Crippen molar-refractivity contribution in [1.29, 1.82) is 0 Å². The van der Waals surface area contributed by atoms with E-state index in [1.807, 2.05) is 36.6 Å². The van der Waals surface area contributed by atoms with Crippen molar-refractivity contribution in [1.82, 2.24) is 25.5 Å². The van der Waals surface area contributed by atoms with Gasteiger partial charge >= 0.3 is 0 Å². The highest BCUT2D eigenvalue weighted by atomic mass is 35.5. The molecule has 3 rings (SSSR count). The third kappa shape index (κ3) is 4.14. The number of tetrazole rings is 1. The van der Waals surface area contributed by atoms with Gasteiger partial charge in [-0.05, 0) is 53.1 Å². The summed E-state index contributed by atoms with van der Waals surface area (Å²) in [6, 6.07) is 11.1. The van der Waals surface area contributed by atoms with Gasteiger partial charge in [0.1, 0.15) is 0 Å². The Balaban J connectivity index is 1.60. The molecule has 9 heteroatoms. The van der Waals surface area contributed by atoms with Crippen molar-refractivity contribution in [2.45, 2.75) is 18.1 Å². The maximum Gasteiger partial charge on any atom is 0.230 e. The summed E-state index contributed by atoms with van der Waals surface area (Å²) in [7, 11) is 0. The molecule has 2 aromatic heterocycles. The molecule has 0 aliphatic rings. The Hall–Kier alpha value is -1.90. The molecule has 124 valence electrons. The molecule has 3 aromatic rings. The third-order valence-electron chi connectivity index (χ3n) is 3.19. The molecular weight excluding hydrogens is 366 g/mol. The molecule has 0 spiro atoms. The minimum absolute atomic E-state index is 0.00893. The first kappa shape index (κ1) is 16.9. The van der Waals surface area contributed by atoms with Gasteiger partial charge in [0.05, 0.1) is 17.5 Å². The number of halogens is 1. The monoisotopic (exact) mass is 379 g/mol. The number of carbonyl (C=O) groups is 1. The first-order valence-corrected chi connectivity index (χ1v) is 9.37. The standard InChI is InChI=1S/C15H14ClN5OS2/c1-10(13-3-2-8-23-13)17-14(22)9-24-15-18-19-20-21(15)12-6-4-11(16)5-7-12/h2-8,10H,9H2,1H3,(H,17,22). The molecule has 6 nitrogen and oxygen atoms in total. The lowest BCUT2D eigenvalue weighted by molar-refractivity contribution is -0.119. The average Bonchev–Trinajstić information content (AvgIpc) is 3.25. The van der Waals surface area contributed by atoms with E-state index < -0.39 is 0 Å². The summed E-state index contributed by atoms with van der Waals surface area (Å²) >= 11 is 8.79. The quantitative estimate of drug-likeness (QED) is 0.665. The third-order valence-corrected chi connectivity index (χ3v) is 5.42. The number of nitrogens with zero attached hydrogens (tertiary/aromatic N) is 4. The summed E-state index contributed by atoms with van der Waals surface area (Å²) in [5.74, 6) is 0.176. The Kier molecular flexibility index (Phi) is 5.49. The van der Waals surface area contributed by atoms with Crippen molar-refractivity contribution in [2.75, 3.05) is 5.75 Å². The van der Waals surface area contributed by atoms with Gasteiger partial charge in [-0.25, -0.2) is 0 Å². The maximum atomic E-state index is 12.1. The average molecular weight is 380 g/mol. The molecule has 0 aliphatic carbocycles. The van der Waals surface area contributed by atoms with Gasteiger partial charge in [0.15, 0.2) is 0 Å². The predicted octanol–water partition coefficient (Wildman–Crippen LogP) is 3.35. The number of hydrogen-bond acceptors (Lipinski definition) is 6. The van der Waals surface area contributed by atoms with Crippen LogP contribution < -0.4 is 5.32 Å². The van der Waals surface area contributed by atoms with Crippen molar-refractivity contribution in [3.8, 4) is 5.69 Å². The number of aromatic nitrogens is 4. The smallest absolute Gasteiger partial charge is 0.230 e. The van der Waals surface area contributed by atoms with Crippen molar-refractivity contribution in [2.24, 2.45) is 0 Å². The summed E-state index contributed by atoms with van der Waals surface area (Å²) in [6.07, 6.45) is 0. The zero-order valence-corrected chi connectivity index (χ0v) is 15.1. The van der Waals surface area contributed by atoms with Crippen molar-refractivity contribution in [3.05, 3.63) is 51.7 Å². The van der Waals surface area contributed by atoms with Gasteiger partial charge in [-0.15, -0.1) is 16.4 Å². The van der Waals surface area contributed by atoms with E-state index >= 15 is 0 Å². The van der Waals surface area contributed by atoms with Crippen LogP contribution in [-0.2, 0) is 4.79 Å². The zero-order chi connectivity index (χ0) is 16.9. The van der Waals surface area contributed by atoms with Crippen LogP contribution in [0.2, 0.25) is 5.02 Å². The van der Waals surface area contributed by atoms with Gasteiger partial charge in [0.25, 0.3) is 0 Å². The summed E-state index contributed by atoms with van der Waals surface area (Å²) in [5, 5.41) is 17.8.